The van der Waals surface area contributed by atoms with Crippen LogP contribution in [-0.2, 0) is 30.5 Å². The lowest BCUT2D eigenvalue weighted by Crippen LogP contribution is -2.35. The minimum atomic E-state index is 0.0297. The van der Waals surface area contributed by atoms with Gasteiger partial charge in [-0.3, -0.25) is 4.79 Å². The molecule has 1 aliphatic rings. The maximum Gasteiger partial charge on any atom is 0.230 e. The van der Waals surface area contributed by atoms with E-state index in [-0.39, 0.29) is 11.9 Å². The Labute approximate surface area is 208 Å². The monoisotopic (exact) mass is 490 g/mol. The van der Waals surface area contributed by atoms with Crippen molar-refractivity contribution in [3.05, 3.63) is 59.0 Å². The first-order valence-corrected chi connectivity index (χ1v) is 14.0. The van der Waals surface area contributed by atoms with E-state index in [1.165, 1.54) is 52.4 Å². The van der Waals surface area contributed by atoms with Crippen molar-refractivity contribution in [3.63, 3.8) is 0 Å². The van der Waals surface area contributed by atoms with Crippen molar-refractivity contribution < 1.29 is 4.79 Å². The van der Waals surface area contributed by atoms with Gasteiger partial charge in [-0.2, -0.15) is 0 Å². The van der Waals surface area contributed by atoms with Gasteiger partial charge in [0.05, 0.1) is 16.0 Å². The zero-order valence-corrected chi connectivity index (χ0v) is 21.4. The zero-order chi connectivity index (χ0) is 23.5. The summed E-state index contributed by atoms with van der Waals surface area (Å²) in [5, 5.41) is 5.22. The molecule has 0 saturated heterocycles. The van der Waals surface area contributed by atoms with E-state index in [2.05, 4.69) is 34.3 Å². The number of aromatic nitrogens is 3. The number of fused-ring (bicyclic) bond motifs is 5. The Kier molecular flexibility index (Phi) is 7.11. The van der Waals surface area contributed by atoms with E-state index >= 15 is 0 Å². The van der Waals surface area contributed by atoms with Crippen LogP contribution in [0.4, 0.5) is 0 Å². The van der Waals surface area contributed by atoms with Gasteiger partial charge >= 0.3 is 0 Å². The second kappa shape index (κ2) is 10.4. The van der Waals surface area contributed by atoms with Crippen molar-refractivity contribution in [2.45, 2.75) is 69.9 Å². The zero-order valence-electron chi connectivity index (χ0n) is 19.8. The normalized spacial score (nSPS) is 14.3. The summed E-state index contributed by atoms with van der Waals surface area (Å²) < 4.78 is 1.06. The van der Waals surface area contributed by atoms with Gasteiger partial charge in [0.25, 0.3) is 0 Å². The molecule has 0 aliphatic heterocycles. The van der Waals surface area contributed by atoms with Crippen LogP contribution in [0.15, 0.2) is 41.7 Å². The molecule has 0 unspecified atom stereocenters. The number of thioether (sulfide) groups is 1. The van der Waals surface area contributed by atoms with Crippen molar-refractivity contribution >= 4 is 49.4 Å². The Morgan fingerprint density at radius 1 is 1.15 bits per heavy atom. The Morgan fingerprint density at radius 3 is 2.74 bits per heavy atom. The summed E-state index contributed by atoms with van der Waals surface area (Å²) in [5.41, 5.74) is 6.41. The van der Waals surface area contributed by atoms with Crippen LogP contribution >= 0.6 is 23.1 Å². The SMILES string of the molecule is CCCc1nc2sc3c(SCC(=O)N[C@@H](C)Cc4ccccc4)ncnc3c2c2c1CCCC2. The predicted molar refractivity (Wildman–Crippen MR) is 142 cm³/mol. The lowest BCUT2D eigenvalue weighted by Gasteiger charge is -2.19. The highest BCUT2D eigenvalue weighted by molar-refractivity contribution is 8.00. The van der Waals surface area contributed by atoms with E-state index in [1.807, 2.05) is 25.1 Å². The molecule has 0 saturated carbocycles. The van der Waals surface area contributed by atoms with Crippen LogP contribution in [0.1, 0.15) is 55.5 Å². The Balaban J connectivity index is 1.37. The molecule has 3 heterocycles. The quantitative estimate of drug-likeness (QED) is 0.246. The number of rotatable bonds is 8. The summed E-state index contributed by atoms with van der Waals surface area (Å²) in [6.07, 6.45) is 9.29. The molecule has 0 spiro atoms. The summed E-state index contributed by atoms with van der Waals surface area (Å²) in [5.74, 6) is 0.369. The van der Waals surface area contributed by atoms with Crippen LogP contribution in [-0.4, -0.2) is 32.7 Å². The van der Waals surface area contributed by atoms with Crippen molar-refractivity contribution in [1.82, 2.24) is 20.3 Å². The van der Waals surface area contributed by atoms with Crippen LogP contribution in [0.2, 0.25) is 0 Å². The Hall–Kier alpha value is -2.51. The number of nitrogens with one attached hydrogen (secondary N) is 1. The van der Waals surface area contributed by atoms with Crippen LogP contribution in [0.25, 0.3) is 20.4 Å². The predicted octanol–water partition coefficient (Wildman–Crippen LogP) is 5.91. The number of hydrogen-bond acceptors (Lipinski definition) is 6. The topological polar surface area (TPSA) is 67.8 Å². The third-order valence-electron chi connectivity index (χ3n) is 6.39. The first kappa shape index (κ1) is 23.2. The first-order valence-electron chi connectivity index (χ1n) is 12.2. The van der Waals surface area contributed by atoms with Crippen molar-refractivity contribution in [2.24, 2.45) is 0 Å². The third kappa shape index (κ3) is 4.82. The van der Waals surface area contributed by atoms with Crippen molar-refractivity contribution in [2.75, 3.05) is 5.75 Å². The standard InChI is InChI=1S/C27H30N4OS2/c1-3-9-21-19-12-7-8-13-20(19)23-24-25(34-26(23)31-21)27(29-16-28-24)33-15-22(32)30-17(2)14-18-10-5-4-6-11-18/h4-6,10-11,16-17H,3,7-9,12-15H2,1-2H3,(H,30,32)/t17-/m0/s1. The molecule has 0 bridgehead atoms. The van der Waals surface area contributed by atoms with Crippen LogP contribution in [0.3, 0.4) is 0 Å². The van der Waals surface area contributed by atoms with Gasteiger partial charge in [-0.05, 0) is 62.1 Å². The molecular formula is C27H30N4OS2. The molecule has 0 radical (unpaired) electrons. The third-order valence-corrected chi connectivity index (χ3v) is 8.59. The molecule has 1 aliphatic carbocycles. The largest absolute Gasteiger partial charge is 0.353 e. The summed E-state index contributed by atoms with van der Waals surface area (Å²) in [6, 6.07) is 10.3. The summed E-state index contributed by atoms with van der Waals surface area (Å²) in [7, 11) is 0. The number of carbonyl (C=O) groups is 1. The number of pyridine rings is 1. The van der Waals surface area contributed by atoms with Crippen LogP contribution < -0.4 is 5.32 Å². The average molecular weight is 491 g/mol. The van der Waals surface area contributed by atoms with E-state index in [0.717, 1.165) is 52.2 Å². The van der Waals surface area contributed by atoms with Crippen LogP contribution in [0.5, 0.6) is 0 Å². The summed E-state index contributed by atoms with van der Waals surface area (Å²) in [4.78, 5) is 28.0. The van der Waals surface area contributed by atoms with E-state index in [4.69, 9.17) is 4.98 Å². The van der Waals surface area contributed by atoms with Crippen molar-refractivity contribution in [1.29, 1.82) is 0 Å². The maximum atomic E-state index is 12.6. The van der Waals surface area contributed by atoms with Gasteiger partial charge in [0, 0.05) is 17.1 Å². The molecule has 1 N–H and O–H groups in total. The molecule has 1 aromatic carbocycles. The lowest BCUT2D eigenvalue weighted by molar-refractivity contribution is -0.119. The number of benzene rings is 1. The molecule has 1 amide bonds. The van der Waals surface area contributed by atoms with Gasteiger partial charge in [-0.25, -0.2) is 15.0 Å². The maximum absolute atomic E-state index is 12.6. The molecular weight excluding hydrogens is 460 g/mol. The molecule has 1 atom stereocenters. The number of nitrogens with zero attached hydrogens (tertiary/aromatic N) is 3. The molecule has 176 valence electrons. The fraction of sp³-hybridized carbons (Fsp3) is 0.407. The molecule has 3 aromatic heterocycles. The van der Waals surface area contributed by atoms with Gasteiger partial charge < -0.3 is 5.32 Å². The fourth-order valence-corrected chi connectivity index (χ4v) is 7.00. The first-order chi connectivity index (χ1) is 16.6. The van der Waals surface area contributed by atoms with E-state index in [0.29, 0.717) is 5.75 Å². The van der Waals surface area contributed by atoms with E-state index in [1.54, 1.807) is 17.7 Å². The second-order valence-electron chi connectivity index (χ2n) is 9.06. The highest BCUT2D eigenvalue weighted by Crippen LogP contribution is 2.41. The van der Waals surface area contributed by atoms with Gasteiger partial charge in [0.2, 0.25) is 5.91 Å². The molecule has 5 nitrogen and oxygen atoms in total. The number of hydrogen-bond donors (Lipinski definition) is 1. The molecule has 7 heteroatoms. The van der Waals surface area contributed by atoms with Gasteiger partial charge in [0.15, 0.2) is 0 Å². The summed E-state index contributed by atoms with van der Waals surface area (Å²) in [6.45, 7) is 4.27. The number of carbonyl (C=O) groups excluding carboxylic acids is 1. The second-order valence-corrected chi connectivity index (χ2v) is 11.0. The Morgan fingerprint density at radius 2 is 1.94 bits per heavy atom. The molecule has 34 heavy (non-hydrogen) atoms. The Bertz CT molecular complexity index is 1320. The van der Waals surface area contributed by atoms with Gasteiger partial charge in [0.1, 0.15) is 16.2 Å². The van der Waals surface area contributed by atoms with Crippen LogP contribution in [0, 0.1) is 0 Å². The number of thiophene rings is 1. The summed E-state index contributed by atoms with van der Waals surface area (Å²) >= 11 is 3.17. The smallest absolute Gasteiger partial charge is 0.230 e. The molecule has 4 aromatic rings. The average Bonchev–Trinajstić information content (AvgIpc) is 3.23. The molecule has 0 fully saturated rings. The van der Waals surface area contributed by atoms with Gasteiger partial charge in [-0.15, -0.1) is 11.3 Å². The minimum Gasteiger partial charge on any atom is -0.353 e. The number of aryl methyl sites for hydroxylation is 2. The minimum absolute atomic E-state index is 0.0297. The van der Waals surface area contributed by atoms with E-state index < -0.39 is 0 Å². The lowest BCUT2D eigenvalue weighted by atomic mass is 9.88. The number of amides is 1. The van der Waals surface area contributed by atoms with Crippen molar-refractivity contribution in [3.8, 4) is 0 Å². The highest BCUT2D eigenvalue weighted by Gasteiger charge is 2.23. The fourth-order valence-electron chi connectivity index (χ4n) is 4.93. The van der Waals surface area contributed by atoms with E-state index in [9.17, 15) is 4.79 Å². The highest BCUT2D eigenvalue weighted by atomic mass is 32.2. The van der Waals surface area contributed by atoms with Gasteiger partial charge in [-0.1, -0.05) is 55.4 Å². The molecule has 5 rings (SSSR count).